The molecule has 4 rings (SSSR count). The quantitative estimate of drug-likeness (QED) is 0.724. The molecule has 0 saturated carbocycles. The summed E-state index contributed by atoms with van der Waals surface area (Å²) in [6.45, 7) is 1.91. The lowest BCUT2D eigenvalue weighted by molar-refractivity contribution is -0.117. The van der Waals surface area contributed by atoms with Crippen molar-refractivity contribution in [3.63, 3.8) is 0 Å². The molecule has 1 N–H and O–H groups in total. The molecule has 27 heavy (non-hydrogen) atoms. The molecule has 0 bridgehead atoms. The van der Waals surface area contributed by atoms with Gasteiger partial charge in [0.25, 0.3) is 0 Å². The number of hydrogen-bond acceptors (Lipinski definition) is 7. The highest BCUT2D eigenvalue weighted by atomic mass is 32.1. The van der Waals surface area contributed by atoms with Gasteiger partial charge in [-0.05, 0) is 50.2 Å². The number of rotatable bonds is 5. The molecule has 1 fully saturated rings. The summed E-state index contributed by atoms with van der Waals surface area (Å²) in [7, 11) is 0. The molecule has 7 nitrogen and oxygen atoms in total. The second kappa shape index (κ2) is 7.93. The molecule has 2 aromatic heterocycles. The van der Waals surface area contributed by atoms with Gasteiger partial charge in [0.05, 0.1) is 6.54 Å². The van der Waals surface area contributed by atoms with Gasteiger partial charge in [-0.1, -0.05) is 0 Å². The fourth-order valence-electron chi connectivity index (χ4n) is 3.09. The molecule has 1 aromatic carbocycles. The summed E-state index contributed by atoms with van der Waals surface area (Å²) in [5.74, 6) is 0.811. The SMILES string of the molecule is O=C(CN1CCC(c2nnc(-c3ccc(F)cc3)o2)CC1)Nc1nccs1. The minimum atomic E-state index is -0.301. The van der Waals surface area contributed by atoms with E-state index in [1.54, 1.807) is 18.3 Å². The summed E-state index contributed by atoms with van der Waals surface area (Å²) in [5, 5.41) is 13.5. The minimum Gasteiger partial charge on any atom is -0.420 e. The molecule has 140 valence electrons. The Morgan fingerprint density at radius 2 is 2.04 bits per heavy atom. The van der Waals surface area contributed by atoms with Crippen molar-refractivity contribution in [2.75, 3.05) is 25.0 Å². The van der Waals surface area contributed by atoms with E-state index in [1.165, 1.54) is 23.5 Å². The minimum absolute atomic E-state index is 0.0558. The van der Waals surface area contributed by atoms with Crippen LogP contribution >= 0.6 is 11.3 Å². The van der Waals surface area contributed by atoms with Crippen molar-refractivity contribution >= 4 is 22.4 Å². The average molecular weight is 387 g/mol. The van der Waals surface area contributed by atoms with E-state index in [-0.39, 0.29) is 17.6 Å². The predicted octanol–water partition coefficient (Wildman–Crippen LogP) is 3.15. The van der Waals surface area contributed by atoms with Gasteiger partial charge in [-0.15, -0.1) is 21.5 Å². The number of thiazole rings is 1. The van der Waals surface area contributed by atoms with Gasteiger partial charge >= 0.3 is 0 Å². The van der Waals surface area contributed by atoms with Gasteiger partial charge in [0, 0.05) is 23.1 Å². The number of anilines is 1. The maximum Gasteiger partial charge on any atom is 0.247 e. The second-order valence-corrected chi connectivity index (χ2v) is 7.28. The van der Waals surface area contributed by atoms with Crippen LogP contribution in [-0.4, -0.2) is 45.6 Å². The molecular formula is C18H18FN5O2S. The summed E-state index contributed by atoms with van der Waals surface area (Å²) in [4.78, 5) is 18.2. The number of likely N-dealkylation sites (tertiary alicyclic amines) is 1. The van der Waals surface area contributed by atoms with Gasteiger partial charge in [0.15, 0.2) is 5.13 Å². The third-order valence-corrected chi connectivity index (χ3v) is 5.20. The number of hydrogen-bond donors (Lipinski definition) is 1. The zero-order chi connectivity index (χ0) is 18.6. The van der Waals surface area contributed by atoms with Crippen molar-refractivity contribution in [2.24, 2.45) is 0 Å². The lowest BCUT2D eigenvalue weighted by Gasteiger charge is -2.29. The predicted molar refractivity (Wildman–Crippen MR) is 98.9 cm³/mol. The number of piperidine rings is 1. The standard InChI is InChI=1S/C18H18FN5O2S/c19-14-3-1-12(2-4-14)16-22-23-17(26-16)13-5-8-24(9-6-13)11-15(25)21-18-20-7-10-27-18/h1-4,7,10,13H,5-6,8-9,11H2,(H,20,21,25). The van der Waals surface area contributed by atoms with Crippen LogP contribution in [0.15, 0.2) is 40.3 Å². The largest absolute Gasteiger partial charge is 0.420 e. The molecule has 1 aliphatic rings. The van der Waals surface area contributed by atoms with Gasteiger partial charge < -0.3 is 9.73 Å². The van der Waals surface area contributed by atoms with E-state index in [4.69, 9.17) is 4.42 Å². The summed E-state index contributed by atoms with van der Waals surface area (Å²) in [6.07, 6.45) is 3.35. The van der Waals surface area contributed by atoms with Crippen LogP contribution in [0.1, 0.15) is 24.7 Å². The van der Waals surface area contributed by atoms with E-state index in [2.05, 4.69) is 25.4 Å². The van der Waals surface area contributed by atoms with Crippen molar-refractivity contribution in [3.05, 3.63) is 47.6 Å². The molecule has 1 saturated heterocycles. The van der Waals surface area contributed by atoms with Crippen molar-refractivity contribution in [1.82, 2.24) is 20.1 Å². The number of nitrogens with zero attached hydrogens (tertiary/aromatic N) is 4. The topological polar surface area (TPSA) is 84.2 Å². The van der Waals surface area contributed by atoms with Crippen molar-refractivity contribution in [2.45, 2.75) is 18.8 Å². The smallest absolute Gasteiger partial charge is 0.247 e. The molecule has 1 aliphatic heterocycles. The normalized spacial score (nSPS) is 15.7. The summed E-state index contributed by atoms with van der Waals surface area (Å²) in [6, 6.07) is 5.98. The van der Waals surface area contributed by atoms with Crippen LogP contribution in [0.3, 0.4) is 0 Å². The molecule has 3 aromatic rings. The lowest BCUT2D eigenvalue weighted by atomic mass is 9.97. The van der Waals surface area contributed by atoms with Crippen LogP contribution in [0.2, 0.25) is 0 Å². The number of amides is 1. The van der Waals surface area contributed by atoms with E-state index in [9.17, 15) is 9.18 Å². The third kappa shape index (κ3) is 4.37. The average Bonchev–Trinajstić information content (AvgIpc) is 3.35. The first-order valence-corrected chi connectivity index (χ1v) is 9.56. The van der Waals surface area contributed by atoms with E-state index < -0.39 is 0 Å². The molecule has 0 radical (unpaired) electrons. The third-order valence-electron chi connectivity index (χ3n) is 4.51. The molecule has 9 heteroatoms. The van der Waals surface area contributed by atoms with Crippen LogP contribution in [-0.2, 0) is 4.79 Å². The van der Waals surface area contributed by atoms with Crippen LogP contribution in [0.4, 0.5) is 9.52 Å². The maximum absolute atomic E-state index is 13.0. The fourth-order valence-corrected chi connectivity index (χ4v) is 3.64. The maximum atomic E-state index is 13.0. The van der Waals surface area contributed by atoms with Gasteiger partial charge in [0.2, 0.25) is 17.7 Å². The highest BCUT2D eigenvalue weighted by molar-refractivity contribution is 7.13. The summed E-state index contributed by atoms with van der Waals surface area (Å²) >= 11 is 1.40. The Bertz CT molecular complexity index is 889. The number of benzene rings is 1. The first-order valence-electron chi connectivity index (χ1n) is 8.68. The zero-order valence-corrected chi connectivity index (χ0v) is 15.3. The van der Waals surface area contributed by atoms with Crippen LogP contribution in [0.25, 0.3) is 11.5 Å². The number of carbonyl (C=O) groups excluding carboxylic acids is 1. The van der Waals surface area contributed by atoms with E-state index in [0.717, 1.165) is 25.9 Å². The molecule has 0 unspecified atom stereocenters. The first kappa shape index (κ1) is 17.7. The Kier molecular flexibility index (Phi) is 5.21. The Morgan fingerprint density at radius 3 is 2.74 bits per heavy atom. The van der Waals surface area contributed by atoms with Gasteiger partial charge in [-0.2, -0.15) is 0 Å². The molecule has 0 atom stereocenters. The molecule has 0 aliphatic carbocycles. The number of carbonyl (C=O) groups is 1. The van der Waals surface area contributed by atoms with Gasteiger partial charge in [-0.25, -0.2) is 9.37 Å². The summed E-state index contributed by atoms with van der Waals surface area (Å²) < 4.78 is 18.8. The van der Waals surface area contributed by atoms with E-state index in [1.807, 2.05) is 5.38 Å². The molecule has 1 amide bonds. The van der Waals surface area contributed by atoms with Crippen LogP contribution in [0, 0.1) is 5.82 Å². The van der Waals surface area contributed by atoms with Crippen molar-refractivity contribution in [3.8, 4) is 11.5 Å². The van der Waals surface area contributed by atoms with Gasteiger partial charge in [0.1, 0.15) is 5.82 Å². The second-order valence-electron chi connectivity index (χ2n) is 6.39. The van der Waals surface area contributed by atoms with Gasteiger partial charge in [-0.3, -0.25) is 9.69 Å². The Hall–Kier alpha value is -2.65. The number of nitrogens with one attached hydrogen (secondary N) is 1. The van der Waals surface area contributed by atoms with Crippen molar-refractivity contribution < 1.29 is 13.6 Å². The lowest BCUT2D eigenvalue weighted by Crippen LogP contribution is -2.38. The Balaban J connectivity index is 1.30. The fraction of sp³-hybridized carbons (Fsp3) is 0.333. The number of halogens is 1. The van der Waals surface area contributed by atoms with E-state index >= 15 is 0 Å². The molecular weight excluding hydrogens is 369 g/mol. The molecule has 0 spiro atoms. The molecule has 3 heterocycles. The summed E-state index contributed by atoms with van der Waals surface area (Å²) in [5.41, 5.74) is 0.700. The Labute approximate surface area is 159 Å². The highest BCUT2D eigenvalue weighted by Crippen LogP contribution is 2.29. The monoisotopic (exact) mass is 387 g/mol. The number of aromatic nitrogens is 3. The van der Waals surface area contributed by atoms with Crippen LogP contribution < -0.4 is 5.32 Å². The van der Waals surface area contributed by atoms with E-state index in [0.29, 0.717) is 29.0 Å². The van der Waals surface area contributed by atoms with Crippen LogP contribution in [0.5, 0.6) is 0 Å². The zero-order valence-electron chi connectivity index (χ0n) is 14.5. The Morgan fingerprint density at radius 1 is 1.26 bits per heavy atom. The first-order chi connectivity index (χ1) is 13.2. The van der Waals surface area contributed by atoms with Crippen molar-refractivity contribution in [1.29, 1.82) is 0 Å². The highest BCUT2D eigenvalue weighted by Gasteiger charge is 2.26.